The van der Waals surface area contributed by atoms with Crippen molar-refractivity contribution in [3.8, 4) is 11.1 Å². The monoisotopic (exact) mass is 1050 g/mol. The lowest BCUT2D eigenvalue weighted by Gasteiger charge is -2.58. The molecular formula is C54H64N8O10S2. The molecular weight excluding hydrogens is 985 g/mol. The number of nitrogens with one attached hydrogen (secondary N) is 1. The van der Waals surface area contributed by atoms with Crippen LogP contribution in [0.4, 0.5) is 10.9 Å². The Morgan fingerprint density at radius 1 is 0.932 bits per heavy atom. The van der Waals surface area contributed by atoms with Crippen LogP contribution in [0, 0.1) is 23.7 Å². The van der Waals surface area contributed by atoms with Crippen molar-refractivity contribution < 1.29 is 46.8 Å². The molecule has 18 nitrogen and oxygen atoms in total. The summed E-state index contributed by atoms with van der Waals surface area (Å²) in [5, 5.41) is 19.0. The number of imide groups is 1. The summed E-state index contributed by atoms with van der Waals surface area (Å²) in [6.45, 7) is 10.6. The molecule has 5 heterocycles. The molecule has 0 spiro atoms. The van der Waals surface area contributed by atoms with Gasteiger partial charge in [0.15, 0.2) is 10.8 Å². The number of benzene rings is 2. The molecule has 4 atom stereocenters. The number of hydrogen-bond donors (Lipinski definition) is 3. The van der Waals surface area contributed by atoms with E-state index in [1.54, 1.807) is 18.3 Å². The number of thiazole rings is 1. The van der Waals surface area contributed by atoms with Crippen LogP contribution in [0.1, 0.15) is 116 Å². The third-order valence-corrected chi connectivity index (χ3v) is 16.8. The van der Waals surface area contributed by atoms with Gasteiger partial charge in [-0.3, -0.25) is 38.6 Å². The molecule has 74 heavy (non-hydrogen) atoms. The Kier molecular flexibility index (Phi) is 15.0. The van der Waals surface area contributed by atoms with Gasteiger partial charge in [0.1, 0.15) is 5.82 Å². The van der Waals surface area contributed by atoms with Gasteiger partial charge in [-0.25, -0.2) is 14.8 Å². The number of rotatable bonds is 20. The lowest BCUT2D eigenvalue weighted by molar-refractivity contribution is -0.180. The number of nitrogens with zero attached hydrogens (tertiary/aromatic N) is 7. The van der Waals surface area contributed by atoms with E-state index in [9.17, 15) is 42.0 Å². The molecule has 4 amide bonds. The molecule has 4 unspecified atom stereocenters. The Bertz CT molecular complexity index is 3100. The van der Waals surface area contributed by atoms with Gasteiger partial charge < -0.3 is 19.6 Å². The zero-order valence-corrected chi connectivity index (χ0v) is 44.0. The highest BCUT2D eigenvalue weighted by Crippen LogP contribution is 2.60. The van der Waals surface area contributed by atoms with Crippen molar-refractivity contribution in [1.82, 2.24) is 29.5 Å². The van der Waals surface area contributed by atoms with Crippen LogP contribution in [-0.4, -0.2) is 121 Å². The number of ether oxygens (including phenoxy) is 1. The number of carboxylic acid groups (broad SMARTS) is 1. The van der Waals surface area contributed by atoms with E-state index in [1.165, 1.54) is 28.4 Å². The lowest BCUT2D eigenvalue weighted by Crippen LogP contribution is -2.55. The van der Waals surface area contributed by atoms with Gasteiger partial charge in [0.05, 0.1) is 34.4 Å². The fourth-order valence-electron chi connectivity index (χ4n) is 12.7. The van der Waals surface area contributed by atoms with Gasteiger partial charge in [-0.2, -0.15) is 13.5 Å². The number of hydrogen-bond acceptors (Lipinski definition) is 13. The van der Waals surface area contributed by atoms with Crippen LogP contribution in [0.25, 0.3) is 21.3 Å². The van der Waals surface area contributed by atoms with Crippen LogP contribution in [0.5, 0.6) is 0 Å². The van der Waals surface area contributed by atoms with Crippen LogP contribution in [-0.2, 0) is 48.7 Å². The lowest BCUT2D eigenvalue weighted by atomic mass is 9.51. The number of amides is 4. The minimum atomic E-state index is -4.34. The van der Waals surface area contributed by atoms with Crippen LogP contribution in [0.15, 0.2) is 72.9 Å². The van der Waals surface area contributed by atoms with Crippen molar-refractivity contribution in [2.24, 2.45) is 16.7 Å². The van der Waals surface area contributed by atoms with Gasteiger partial charge in [0, 0.05) is 80.2 Å². The van der Waals surface area contributed by atoms with E-state index in [4.69, 9.17) is 14.8 Å². The Hall–Kier alpha value is -6.35. The van der Waals surface area contributed by atoms with E-state index in [1.807, 2.05) is 59.0 Å². The molecule has 0 radical (unpaired) electrons. The molecule has 2 saturated carbocycles. The second-order valence-corrected chi connectivity index (χ2v) is 24.2. The van der Waals surface area contributed by atoms with Crippen LogP contribution in [0.2, 0.25) is 0 Å². The first-order valence-corrected chi connectivity index (χ1v) is 27.8. The zero-order valence-electron chi connectivity index (χ0n) is 42.3. The van der Waals surface area contributed by atoms with E-state index >= 15 is 0 Å². The number of aromatic nitrogens is 4. The standard InChI is InChI=1S/C54H64N8O10S2/c1-35-27-52(3)31-53(4,33-54(28-35,32-52)72-25-23-59(24-26-74(69,70)71)45(63)15-6-5-9-21-61-46(64)18-19-47(61)65)34-62-36(2)40(29-55-62)38-16-17-44(57-48(38)50(67)68)60-22-20-37-11-10-12-39(41(37)30-60)49(66)58-51-56-42-13-7-8-14-43(42)73-51/h7-8,10-14,16-19,29,35H,5-6,9,15,20-28,30-34H2,1-4H3,(H,67,68)(H,56,58,66)(H,69,70,71). The maximum Gasteiger partial charge on any atom is 0.355 e. The predicted octanol–water partition coefficient (Wildman–Crippen LogP) is 7.96. The molecule has 392 valence electrons. The van der Waals surface area contributed by atoms with Gasteiger partial charge in [0.2, 0.25) is 5.91 Å². The number of carbonyl (C=O) groups is 5. The Morgan fingerprint density at radius 2 is 1.72 bits per heavy atom. The average molecular weight is 1050 g/mol. The summed E-state index contributed by atoms with van der Waals surface area (Å²) in [5.74, 6) is -2.15. The van der Waals surface area contributed by atoms with Crippen molar-refractivity contribution in [3.05, 3.63) is 101 Å². The average Bonchev–Trinajstić information content (AvgIpc) is 4.02. The highest BCUT2D eigenvalue weighted by atomic mass is 32.2. The smallest absolute Gasteiger partial charge is 0.355 e. The first-order chi connectivity index (χ1) is 35.2. The van der Waals surface area contributed by atoms with E-state index in [2.05, 4.69) is 31.1 Å². The molecule has 2 aliphatic carbocycles. The fraction of sp³-hybridized carbons (Fsp3) is 0.481. The molecule has 2 fully saturated rings. The van der Waals surface area contributed by atoms with Gasteiger partial charge in [0.25, 0.3) is 27.8 Å². The van der Waals surface area contributed by atoms with E-state index in [0.29, 0.717) is 85.3 Å². The number of carbonyl (C=O) groups excluding carboxylic acids is 4. The molecule has 3 N–H and O–H groups in total. The van der Waals surface area contributed by atoms with E-state index < -0.39 is 27.4 Å². The second-order valence-electron chi connectivity index (χ2n) is 21.6. The minimum Gasteiger partial charge on any atom is -0.476 e. The second kappa shape index (κ2) is 21.1. The highest BCUT2D eigenvalue weighted by molar-refractivity contribution is 7.85. The number of aromatic carboxylic acids is 1. The van der Waals surface area contributed by atoms with E-state index in [0.717, 1.165) is 57.6 Å². The first-order valence-electron chi connectivity index (χ1n) is 25.4. The Morgan fingerprint density at radius 3 is 2.47 bits per heavy atom. The first kappa shape index (κ1) is 52.5. The Balaban J connectivity index is 0.867. The molecule has 5 aromatic rings. The molecule has 4 aliphatic rings. The van der Waals surface area contributed by atoms with Crippen molar-refractivity contribution in [2.45, 2.75) is 111 Å². The molecule has 2 bridgehead atoms. The number of pyridine rings is 1. The van der Waals surface area contributed by atoms with Crippen molar-refractivity contribution in [1.29, 1.82) is 0 Å². The van der Waals surface area contributed by atoms with Crippen molar-refractivity contribution >= 4 is 72.2 Å². The Labute approximate surface area is 434 Å². The SMILES string of the molecule is Cc1c(-c2ccc(N3CCc4cccc(C(=O)Nc5nc6ccccc6s5)c4C3)nc2C(=O)O)cnn1CC1(C)CC2(C)CC(C)CC(OCCN(CCS(=O)(=O)O)C(=O)CCCCCN3C(=O)C=CC3=O)(C2)C1. The number of carboxylic acids is 1. The summed E-state index contributed by atoms with van der Waals surface area (Å²) in [4.78, 5) is 78.0. The number of anilines is 2. The fourth-order valence-corrected chi connectivity index (χ4v) is 14.0. The van der Waals surface area contributed by atoms with Gasteiger partial charge in [-0.1, -0.05) is 62.8 Å². The number of para-hydroxylation sites is 1. The minimum absolute atomic E-state index is 0.0679. The molecule has 2 aliphatic heterocycles. The summed E-state index contributed by atoms with van der Waals surface area (Å²) < 4.78 is 43.0. The summed E-state index contributed by atoms with van der Waals surface area (Å²) >= 11 is 1.41. The molecule has 0 saturated heterocycles. The zero-order chi connectivity index (χ0) is 52.6. The molecule has 20 heteroatoms. The summed E-state index contributed by atoms with van der Waals surface area (Å²) in [6, 6.07) is 17.0. The summed E-state index contributed by atoms with van der Waals surface area (Å²) in [6.07, 6.45) is 10.8. The van der Waals surface area contributed by atoms with Crippen molar-refractivity contribution in [3.63, 3.8) is 0 Å². The summed E-state index contributed by atoms with van der Waals surface area (Å²) in [5.41, 5.74) is 4.15. The largest absolute Gasteiger partial charge is 0.476 e. The van der Waals surface area contributed by atoms with Crippen LogP contribution < -0.4 is 10.2 Å². The van der Waals surface area contributed by atoms with Crippen molar-refractivity contribution in [2.75, 3.05) is 48.8 Å². The van der Waals surface area contributed by atoms with E-state index in [-0.39, 0.29) is 72.8 Å². The normalized spacial score (nSPS) is 22.6. The number of fused-ring (bicyclic) bond motifs is 4. The van der Waals surface area contributed by atoms with Gasteiger partial charge in [-0.05, 0) is 116 Å². The summed E-state index contributed by atoms with van der Waals surface area (Å²) in [7, 11) is -4.34. The third-order valence-electron chi connectivity index (χ3n) is 15.2. The molecule has 3 aromatic heterocycles. The molecule has 9 rings (SSSR count). The highest BCUT2D eigenvalue weighted by Gasteiger charge is 2.55. The van der Waals surface area contributed by atoms with Gasteiger partial charge in [-0.15, -0.1) is 0 Å². The van der Waals surface area contributed by atoms with Gasteiger partial charge >= 0.3 is 5.97 Å². The predicted molar refractivity (Wildman–Crippen MR) is 280 cm³/mol. The number of unbranched alkanes of at least 4 members (excludes halogenated alkanes) is 2. The quantitative estimate of drug-likeness (QED) is 0.0381. The van der Waals surface area contributed by atoms with Crippen LogP contribution >= 0.6 is 11.3 Å². The third kappa shape index (κ3) is 11.8. The maximum atomic E-state index is 13.7. The molecule has 2 aromatic carbocycles. The van der Waals surface area contributed by atoms with Crippen LogP contribution in [0.3, 0.4) is 0 Å². The topological polar surface area (TPSA) is 235 Å². The maximum absolute atomic E-state index is 13.7.